The van der Waals surface area contributed by atoms with Crippen molar-refractivity contribution in [2.45, 2.75) is 19.4 Å². The Kier molecular flexibility index (Phi) is 4.83. The molecule has 0 aliphatic carbocycles. The summed E-state index contributed by atoms with van der Waals surface area (Å²) in [7, 11) is 0. The fraction of sp³-hybridized carbons (Fsp3) is 0.667. The van der Waals surface area contributed by atoms with Crippen LogP contribution < -0.4 is 10.2 Å². The number of nitrogens with one attached hydrogen (secondary N) is 1. The first-order chi connectivity index (χ1) is 8.81. The minimum absolute atomic E-state index is 0.204. The highest BCUT2D eigenvalue weighted by Gasteiger charge is 2.24. The number of aromatic nitrogens is 2. The highest BCUT2D eigenvalue weighted by Crippen LogP contribution is 2.14. The number of halogens is 1. The van der Waals surface area contributed by atoms with Gasteiger partial charge in [0.25, 0.3) is 0 Å². The predicted octanol–water partition coefficient (Wildman–Crippen LogP) is 0.820. The third-order valence-electron chi connectivity index (χ3n) is 2.90. The van der Waals surface area contributed by atoms with Crippen molar-refractivity contribution in [1.29, 1.82) is 0 Å². The van der Waals surface area contributed by atoms with Gasteiger partial charge in [0, 0.05) is 13.1 Å². The maximum absolute atomic E-state index is 12.8. The molecule has 1 atom stereocenters. The topological polar surface area (TPSA) is 50.3 Å². The van der Waals surface area contributed by atoms with Crippen LogP contribution in [0.25, 0.3) is 0 Å². The Labute approximate surface area is 106 Å². The molecule has 0 radical (unpaired) electrons. The molecular formula is C12H19FN4O. The molecule has 1 saturated heterocycles. The molecule has 0 aromatic carbocycles. The number of hydrogen-bond donors (Lipinski definition) is 1. The van der Waals surface area contributed by atoms with Crippen LogP contribution in [-0.4, -0.2) is 48.9 Å². The zero-order valence-corrected chi connectivity index (χ0v) is 10.6. The largest absolute Gasteiger partial charge is 0.377 e. The molecule has 2 heterocycles. The minimum atomic E-state index is -0.410. The Morgan fingerprint density at radius 3 is 3.00 bits per heavy atom. The number of morpholine rings is 1. The average molecular weight is 254 g/mol. The lowest BCUT2D eigenvalue weighted by molar-refractivity contribution is 0.0929. The van der Waals surface area contributed by atoms with E-state index in [1.54, 1.807) is 0 Å². The van der Waals surface area contributed by atoms with Gasteiger partial charge in [0.15, 0.2) is 5.82 Å². The summed E-state index contributed by atoms with van der Waals surface area (Å²) in [4.78, 5) is 10.1. The van der Waals surface area contributed by atoms with Crippen LogP contribution in [-0.2, 0) is 4.74 Å². The van der Waals surface area contributed by atoms with E-state index in [1.807, 2.05) is 0 Å². The summed E-state index contributed by atoms with van der Waals surface area (Å²) < 4.78 is 18.3. The molecule has 1 aromatic heterocycles. The molecule has 2 rings (SSSR count). The van der Waals surface area contributed by atoms with E-state index in [0.717, 1.165) is 26.1 Å². The molecular weight excluding hydrogens is 235 g/mol. The average Bonchev–Trinajstić information content (AvgIpc) is 2.41. The summed E-state index contributed by atoms with van der Waals surface area (Å²) in [5.74, 6) is 0.163. The summed E-state index contributed by atoms with van der Waals surface area (Å²) in [6.45, 7) is 5.99. The van der Waals surface area contributed by atoms with Gasteiger partial charge in [-0.15, -0.1) is 0 Å². The Morgan fingerprint density at radius 2 is 2.28 bits per heavy atom. The van der Waals surface area contributed by atoms with Crippen molar-refractivity contribution in [2.24, 2.45) is 0 Å². The van der Waals surface area contributed by atoms with E-state index in [-0.39, 0.29) is 6.04 Å². The summed E-state index contributed by atoms with van der Waals surface area (Å²) >= 11 is 0. The van der Waals surface area contributed by atoms with Crippen molar-refractivity contribution in [3.8, 4) is 0 Å². The first kappa shape index (κ1) is 13.2. The maximum atomic E-state index is 12.8. The van der Waals surface area contributed by atoms with Crippen molar-refractivity contribution in [1.82, 2.24) is 15.3 Å². The molecule has 1 aromatic rings. The quantitative estimate of drug-likeness (QED) is 0.788. The van der Waals surface area contributed by atoms with Crippen molar-refractivity contribution in [3.63, 3.8) is 0 Å². The Morgan fingerprint density at radius 1 is 1.50 bits per heavy atom. The smallest absolute Gasteiger partial charge is 0.225 e. The molecule has 18 heavy (non-hydrogen) atoms. The van der Waals surface area contributed by atoms with Crippen LogP contribution in [0.3, 0.4) is 0 Å². The van der Waals surface area contributed by atoms with Crippen LogP contribution >= 0.6 is 0 Å². The molecule has 0 saturated carbocycles. The number of nitrogens with zero attached hydrogens (tertiary/aromatic N) is 3. The monoisotopic (exact) mass is 254 g/mol. The van der Waals surface area contributed by atoms with Crippen molar-refractivity contribution < 1.29 is 9.13 Å². The lowest BCUT2D eigenvalue weighted by atomic mass is 10.2. The van der Waals surface area contributed by atoms with Gasteiger partial charge in [-0.3, -0.25) is 0 Å². The molecule has 1 aliphatic heterocycles. The predicted molar refractivity (Wildman–Crippen MR) is 67.1 cm³/mol. The zero-order chi connectivity index (χ0) is 12.8. The van der Waals surface area contributed by atoms with E-state index < -0.39 is 5.82 Å². The molecule has 5 nitrogen and oxygen atoms in total. The number of hydrogen-bond acceptors (Lipinski definition) is 5. The van der Waals surface area contributed by atoms with Gasteiger partial charge in [-0.2, -0.15) is 0 Å². The first-order valence-electron chi connectivity index (χ1n) is 6.34. The second kappa shape index (κ2) is 6.61. The second-order valence-electron chi connectivity index (χ2n) is 4.33. The fourth-order valence-electron chi connectivity index (χ4n) is 1.99. The fourth-order valence-corrected chi connectivity index (χ4v) is 1.99. The van der Waals surface area contributed by atoms with Gasteiger partial charge in [0.05, 0.1) is 31.6 Å². The highest BCUT2D eigenvalue weighted by atomic mass is 19.1. The molecule has 1 aliphatic rings. The summed E-state index contributed by atoms with van der Waals surface area (Å²) in [5.41, 5.74) is 0. The zero-order valence-electron chi connectivity index (χ0n) is 10.6. The lowest BCUT2D eigenvalue weighted by Crippen LogP contribution is -2.51. The van der Waals surface area contributed by atoms with Gasteiger partial charge in [0.1, 0.15) is 0 Å². The van der Waals surface area contributed by atoms with E-state index >= 15 is 0 Å². The number of ether oxygens (including phenoxy) is 1. The molecule has 1 fully saturated rings. The third kappa shape index (κ3) is 3.36. The molecule has 1 unspecified atom stereocenters. The third-order valence-corrected chi connectivity index (χ3v) is 2.90. The minimum Gasteiger partial charge on any atom is -0.377 e. The van der Waals surface area contributed by atoms with Gasteiger partial charge < -0.3 is 15.0 Å². The molecule has 6 heteroatoms. The number of anilines is 1. The molecule has 1 N–H and O–H groups in total. The van der Waals surface area contributed by atoms with Gasteiger partial charge in [-0.25, -0.2) is 14.4 Å². The van der Waals surface area contributed by atoms with Crippen molar-refractivity contribution >= 4 is 5.95 Å². The van der Waals surface area contributed by atoms with Gasteiger partial charge >= 0.3 is 0 Å². The Bertz CT molecular complexity index is 360. The van der Waals surface area contributed by atoms with Crippen molar-refractivity contribution in [2.75, 3.05) is 37.7 Å². The first-order valence-corrected chi connectivity index (χ1v) is 6.34. The van der Waals surface area contributed by atoms with Crippen LogP contribution in [0.2, 0.25) is 0 Å². The van der Waals surface area contributed by atoms with E-state index in [4.69, 9.17) is 4.74 Å². The van der Waals surface area contributed by atoms with Crippen LogP contribution in [0.1, 0.15) is 13.3 Å². The van der Waals surface area contributed by atoms with Gasteiger partial charge in [0.2, 0.25) is 5.95 Å². The second-order valence-corrected chi connectivity index (χ2v) is 4.33. The summed E-state index contributed by atoms with van der Waals surface area (Å²) in [6, 6.07) is 0.204. The normalized spacial score (nSPS) is 20.1. The molecule has 100 valence electrons. The Hall–Kier alpha value is -1.27. The van der Waals surface area contributed by atoms with Gasteiger partial charge in [-0.05, 0) is 13.0 Å². The van der Waals surface area contributed by atoms with Gasteiger partial charge in [-0.1, -0.05) is 6.92 Å². The number of rotatable bonds is 5. The van der Waals surface area contributed by atoms with Crippen molar-refractivity contribution in [3.05, 3.63) is 18.2 Å². The standard InChI is InChI=1S/C12H19FN4O/c1-2-3-14-8-11-9-18-5-4-17(11)12-15-6-10(13)7-16-12/h6-7,11,14H,2-5,8-9H2,1H3. The van der Waals surface area contributed by atoms with E-state index in [2.05, 4.69) is 27.1 Å². The molecule has 0 amide bonds. The highest BCUT2D eigenvalue weighted by molar-refractivity contribution is 5.31. The molecule has 0 spiro atoms. The molecule has 0 bridgehead atoms. The SMILES string of the molecule is CCCNCC1COCCN1c1ncc(F)cn1. The maximum Gasteiger partial charge on any atom is 0.225 e. The van der Waals surface area contributed by atoms with E-state index in [1.165, 1.54) is 12.4 Å². The van der Waals surface area contributed by atoms with Crippen LogP contribution in [0.4, 0.5) is 10.3 Å². The Balaban J connectivity index is 2.00. The lowest BCUT2D eigenvalue weighted by Gasteiger charge is -2.35. The van der Waals surface area contributed by atoms with E-state index in [0.29, 0.717) is 19.2 Å². The summed E-state index contributed by atoms with van der Waals surface area (Å²) in [6.07, 6.45) is 3.50. The van der Waals surface area contributed by atoms with Crippen LogP contribution in [0.15, 0.2) is 12.4 Å². The summed E-state index contributed by atoms with van der Waals surface area (Å²) in [5, 5.41) is 3.36. The van der Waals surface area contributed by atoms with Crippen LogP contribution in [0, 0.1) is 5.82 Å². The van der Waals surface area contributed by atoms with E-state index in [9.17, 15) is 4.39 Å². The van der Waals surface area contributed by atoms with Crippen LogP contribution in [0.5, 0.6) is 0 Å².